The fourth-order valence-electron chi connectivity index (χ4n) is 3.00. The van der Waals surface area contributed by atoms with Gasteiger partial charge in [-0.15, -0.1) is 0 Å². The van der Waals surface area contributed by atoms with Gasteiger partial charge in [-0.1, -0.05) is 0 Å². The van der Waals surface area contributed by atoms with Crippen LogP contribution < -0.4 is 0 Å². The van der Waals surface area contributed by atoms with Crippen molar-refractivity contribution in [1.82, 2.24) is 4.90 Å². The van der Waals surface area contributed by atoms with E-state index in [1.807, 2.05) is 0 Å². The van der Waals surface area contributed by atoms with Crippen LogP contribution in [0.5, 0.6) is 0 Å². The van der Waals surface area contributed by atoms with E-state index in [1.165, 1.54) is 4.90 Å². The highest BCUT2D eigenvalue weighted by Crippen LogP contribution is 2.40. The molecule has 7 nitrogen and oxygen atoms in total. The maximum atomic E-state index is 11.9. The fourth-order valence-corrected chi connectivity index (χ4v) is 3.00. The van der Waals surface area contributed by atoms with Crippen molar-refractivity contribution in [2.45, 2.75) is 56.7 Å². The van der Waals surface area contributed by atoms with Gasteiger partial charge in [0.05, 0.1) is 6.61 Å². The number of carbonyl (C=O) groups excluding carboxylic acids is 1. The van der Waals surface area contributed by atoms with Gasteiger partial charge in [0.1, 0.15) is 24.4 Å². The van der Waals surface area contributed by atoms with Crippen LogP contribution in [0.3, 0.4) is 0 Å². The molecule has 5 atom stereocenters. The molecule has 0 aromatic rings. The summed E-state index contributed by atoms with van der Waals surface area (Å²) >= 11 is 0. The van der Waals surface area contributed by atoms with Crippen LogP contribution in [-0.4, -0.2) is 70.6 Å². The molecule has 3 aliphatic rings. The summed E-state index contributed by atoms with van der Waals surface area (Å²) in [4.78, 5) is 13.3. The van der Waals surface area contributed by atoms with Gasteiger partial charge in [-0.25, -0.2) is 0 Å². The molecule has 3 saturated heterocycles. The summed E-state index contributed by atoms with van der Waals surface area (Å²) in [6, 6.07) is 0. The van der Waals surface area contributed by atoms with Crippen molar-refractivity contribution in [3.63, 3.8) is 0 Å². The predicted molar refractivity (Wildman–Crippen MR) is 61.9 cm³/mol. The molecule has 3 aliphatic heterocycles. The van der Waals surface area contributed by atoms with Crippen molar-refractivity contribution < 1.29 is 29.2 Å². The van der Waals surface area contributed by atoms with Crippen molar-refractivity contribution in [1.29, 1.82) is 0 Å². The van der Waals surface area contributed by atoms with E-state index in [0.29, 0.717) is 13.0 Å². The number of carbonyl (C=O) groups is 1. The minimum atomic E-state index is -0.967. The number of nitrogens with zero attached hydrogens (tertiary/aromatic N) is 1. The van der Waals surface area contributed by atoms with E-state index in [9.17, 15) is 15.0 Å². The molecule has 1 unspecified atom stereocenters. The van der Waals surface area contributed by atoms with Gasteiger partial charge in [-0.05, 0) is 13.8 Å². The van der Waals surface area contributed by atoms with E-state index in [0.717, 1.165) is 0 Å². The fraction of sp³-hybridized carbons (Fsp3) is 0.917. The van der Waals surface area contributed by atoms with Crippen LogP contribution in [0.2, 0.25) is 0 Å². The quantitative estimate of drug-likeness (QED) is 0.658. The number of fused-ring (bicyclic) bond motifs is 1. The molecule has 7 heteroatoms. The van der Waals surface area contributed by atoms with Crippen molar-refractivity contribution in [2.75, 3.05) is 13.2 Å². The lowest BCUT2D eigenvalue weighted by atomic mass is 10.1. The number of rotatable bonds is 2. The largest absolute Gasteiger partial charge is 0.394 e. The second-order valence-electron chi connectivity index (χ2n) is 5.65. The average molecular weight is 273 g/mol. The number of likely N-dealkylation sites (tertiary alicyclic amines) is 1. The standard InChI is InChI=1S/C12H19NO6/c1-12(2)18-8-7(5-14)17-11(9(8)19-12)13-4-3-6(15)10(13)16/h6-9,11,14-15H,3-5H2,1-2H3/t6?,7-,8+,9-,11-/m0/s1. The molecule has 0 radical (unpaired) electrons. The Bertz CT molecular complexity index is 386. The van der Waals surface area contributed by atoms with E-state index in [-0.39, 0.29) is 12.5 Å². The van der Waals surface area contributed by atoms with E-state index in [4.69, 9.17) is 14.2 Å². The van der Waals surface area contributed by atoms with Crippen LogP contribution in [0.15, 0.2) is 0 Å². The molecule has 3 fully saturated rings. The average Bonchev–Trinajstić information content (AvgIpc) is 2.93. The monoisotopic (exact) mass is 273 g/mol. The number of aliphatic hydroxyl groups is 2. The van der Waals surface area contributed by atoms with Gasteiger partial charge in [0.15, 0.2) is 12.0 Å². The zero-order chi connectivity index (χ0) is 13.8. The maximum absolute atomic E-state index is 11.9. The van der Waals surface area contributed by atoms with Crippen molar-refractivity contribution in [3.8, 4) is 0 Å². The Morgan fingerprint density at radius 1 is 1.37 bits per heavy atom. The minimum absolute atomic E-state index is 0.193. The van der Waals surface area contributed by atoms with Gasteiger partial charge in [0, 0.05) is 13.0 Å². The molecular formula is C12H19NO6. The Hall–Kier alpha value is -0.730. The van der Waals surface area contributed by atoms with Crippen LogP contribution in [0.4, 0.5) is 0 Å². The van der Waals surface area contributed by atoms with E-state index >= 15 is 0 Å². The lowest BCUT2D eigenvalue weighted by Crippen LogP contribution is -2.46. The summed E-state index contributed by atoms with van der Waals surface area (Å²) in [6.45, 7) is 3.81. The van der Waals surface area contributed by atoms with E-state index < -0.39 is 36.4 Å². The lowest BCUT2D eigenvalue weighted by molar-refractivity contribution is -0.209. The third-order valence-corrected chi connectivity index (χ3v) is 3.82. The summed E-state index contributed by atoms with van der Waals surface area (Å²) < 4.78 is 17.2. The summed E-state index contributed by atoms with van der Waals surface area (Å²) in [7, 11) is 0. The molecule has 3 heterocycles. The number of ether oxygens (including phenoxy) is 3. The maximum Gasteiger partial charge on any atom is 0.253 e. The van der Waals surface area contributed by atoms with Crippen molar-refractivity contribution >= 4 is 5.91 Å². The van der Waals surface area contributed by atoms with Gasteiger partial charge in [-0.3, -0.25) is 4.79 Å². The smallest absolute Gasteiger partial charge is 0.253 e. The Balaban J connectivity index is 1.81. The third-order valence-electron chi connectivity index (χ3n) is 3.82. The van der Waals surface area contributed by atoms with Crippen LogP contribution in [0, 0.1) is 0 Å². The van der Waals surface area contributed by atoms with Crippen LogP contribution in [0.1, 0.15) is 20.3 Å². The highest BCUT2D eigenvalue weighted by molar-refractivity contribution is 5.83. The van der Waals surface area contributed by atoms with E-state index in [2.05, 4.69) is 0 Å². The van der Waals surface area contributed by atoms with Gasteiger partial charge in [0.2, 0.25) is 0 Å². The van der Waals surface area contributed by atoms with Crippen molar-refractivity contribution in [3.05, 3.63) is 0 Å². The summed E-state index contributed by atoms with van der Waals surface area (Å²) in [5.74, 6) is -1.11. The van der Waals surface area contributed by atoms with Gasteiger partial charge < -0.3 is 29.3 Å². The van der Waals surface area contributed by atoms with Gasteiger partial charge in [0.25, 0.3) is 5.91 Å². The Labute approximate surface area is 111 Å². The summed E-state index contributed by atoms with van der Waals surface area (Å²) in [5.41, 5.74) is 0. The second kappa shape index (κ2) is 4.39. The summed E-state index contributed by atoms with van der Waals surface area (Å²) in [5, 5.41) is 18.9. The normalized spacial score (nSPS) is 44.9. The Morgan fingerprint density at radius 3 is 2.63 bits per heavy atom. The minimum Gasteiger partial charge on any atom is -0.394 e. The molecular weight excluding hydrogens is 254 g/mol. The summed E-state index contributed by atoms with van der Waals surface area (Å²) in [6.07, 6.45) is -2.51. The highest BCUT2D eigenvalue weighted by Gasteiger charge is 2.58. The number of hydrogen-bond donors (Lipinski definition) is 2. The first-order valence-corrected chi connectivity index (χ1v) is 6.53. The van der Waals surface area contributed by atoms with Crippen molar-refractivity contribution in [2.24, 2.45) is 0 Å². The first-order chi connectivity index (χ1) is 8.93. The molecule has 0 spiro atoms. The van der Waals surface area contributed by atoms with Crippen LogP contribution in [-0.2, 0) is 19.0 Å². The Morgan fingerprint density at radius 2 is 2.05 bits per heavy atom. The Kier molecular flexibility index (Phi) is 3.06. The first-order valence-electron chi connectivity index (χ1n) is 6.53. The predicted octanol–water partition coefficient (Wildman–Crippen LogP) is -1.18. The topological polar surface area (TPSA) is 88.5 Å². The highest BCUT2D eigenvalue weighted by atomic mass is 16.8. The third kappa shape index (κ3) is 2.05. The molecule has 2 N–H and O–H groups in total. The molecule has 0 aromatic carbocycles. The second-order valence-corrected chi connectivity index (χ2v) is 5.65. The zero-order valence-corrected chi connectivity index (χ0v) is 11.0. The molecule has 0 aliphatic carbocycles. The molecule has 0 bridgehead atoms. The lowest BCUT2D eigenvalue weighted by Gasteiger charge is -2.29. The van der Waals surface area contributed by atoms with E-state index in [1.54, 1.807) is 13.8 Å². The molecule has 108 valence electrons. The number of amides is 1. The number of aliphatic hydroxyl groups excluding tert-OH is 2. The molecule has 0 aromatic heterocycles. The van der Waals surface area contributed by atoms with Gasteiger partial charge in [-0.2, -0.15) is 0 Å². The number of hydrogen-bond acceptors (Lipinski definition) is 6. The SMILES string of the molecule is CC1(C)O[C@H]2[C@H](O1)[C@@H](N1CCC(O)C1=O)O[C@H]2CO. The van der Waals surface area contributed by atoms with Gasteiger partial charge >= 0.3 is 0 Å². The molecule has 3 rings (SSSR count). The molecule has 19 heavy (non-hydrogen) atoms. The zero-order valence-electron chi connectivity index (χ0n) is 11.0. The van der Waals surface area contributed by atoms with Crippen LogP contribution >= 0.6 is 0 Å². The molecule has 1 amide bonds. The van der Waals surface area contributed by atoms with Crippen LogP contribution in [0.25, 0.3) is 0 Å². The molecule has 0 saturated carbocycles. The first kappa shape index (κ1) is 13.3.